The predicted molar refractivity (Wildman–Crippen MR) is 94.0 cm³/mol. The highest BCUT2D eigenvalue weighted by molar-refractivity contribution is 5.84. The molecule has 6 nitrogen and oxygen atoms in total. The highest BCUT2D eigenvalue weighted by atomic mass is 16.5. The molecule has 0 aromatic heterocycles. The van der Waals surface area contributed by atoms with E-state index in [2.05, 4.69) is 10.6 Å². The average Bonchev–Trinajstić information content (AvgIpc) is 2.61. The van der Waals surface area contributed by atoms with Gasteiger partial charge in [-0.3, -0.25) is 5.32 Å². The molecule has 0 bridgehead atoms. The maximum absolute atomic E-state index is 11.3. The Morgan fingerprint density at radius 2 is 1.62 bits per heavy atom. The number of anilines is 2. The number of carbonyl (C=O) groups is 1. The van der Waals surface area contributed by atoms with Gasteiger partial charge in [-0.2, -0.15) is 0 Å². The Kier molecular flexibility index (Phi) is 6.31. The first-order valence-corrected chi connectivity index (χ1v) is 7.65. The lowest BCUT2D eigenvalue weighted by atomic mass is 10.2. The molecule has 6 heteroatoms. The summed E-state index contributed by atoms with van der Waals surface area (Å²) in [6, 6.07) is 13.2. The number of hydrogen-bond acceptors (Lipinski definition) is 5. The molecule has 0 atom stereocenters. The predicted octanol–water partition coefficient (Wildman–Crippen LogP) is 3.88. The molecule has 0 aliphatic rings. The number of hydrogen-bond donors (Lipinski definition) is 2. The number of benzene rings is 2. The minimum atomic E-state index is -0.455. The fourth-order valence-corrected chi connectivity index (χ4v) is 2.15. The second-order valence-corrected chi connectivity index (χ2v) is 4.97. The first kappa shape index (κ1) is 17.5. The molecule has 0 radical (unpaired) electrons. The van der Waals surface area contributed by atoms with Gasteiger partial charge in [0.05, 0.1) is 20.8 Å². The van der Waals surface area contributed by atoms with E-state index < -0.39 is 6.09 Å². The van der Waals surface area contributed by atoms with Crippen LogP contribution in [0.15, 0.2) is 42.5 Å². The quantitative estimate of drug-likeness (QED) is 0.806. The zero-order valence-electron chi connectivity index (χ0n) is 14.1. The molecular formula is C18H22N2O4. The van der Waals surface area contributed by atoms with Crippen molar-refractivity contribution in [2.45, 2.75) is 13.5 Å². The van der Waals surface area contributed by atoms with Crippen LogP contribution in [-0.2, 0) is 11.3 Å². The van der Waals surface area contributed by atoms with E-state index in [0.29, 0.717) is 30.3 Å². The van der Waals surface area contributed by atoms with E-state index in [1.165, 1.54) is 0 Å². The van der Waals surface area contributed by atoms with E-state index in [4.69, 9.17) is 14.2 Å². The zero-order valence-corrected chi connectivity index (χ0v) is 14.1. The summed E-state index contributed by atoms with van der Waals surface area (Å²) in [7, 11) is 3.23. The number of ether oxygens (including phenoxy) is 3. The van der Waals surface area contributed by atoms with Crippen LogP contribution < -0.4 is 20.1 Å². The third-order valence-electron chi connectivity index (χ3n) is 3.35. The Morgan fingerprint density at radius 3 is 2.25 bits per heavy atom. The molecule has 2 aromatic carbocycles. The number of rotatable bonds is 7. The summed E-state index contributed by atoms with van der Waals surface area (Å²) in [5.41, 5.74) is 2.70. The molecule has 0 saturated carbocycles. The van der Waals surface area contributed by atoms with Crippen molar-refractivity contribution >= 4 is 17.5 Å². The van der Waals surface area contributed by atoms with Gasteiger partial charge in [0.15, 0.2) is 11.5 Å². The summed E-state index contributed by atoms with van der Waals surface area (Å²) in [4.78, 5) is 11.3. The van der Waals surface area contributed by atoms with Crippen LogP contribution in [0.25, 0.3) is 0 Å². The fourth-order valence-electron chi connectivity index (χ4n) is 2.15. The Labute approximate surface area is 141 Å². The van der Waals surface area contributed by atoms with Crippen LogP contribution in [0, 0.1) is 0 Å². The van der Waals surface area contributed by atoms with E-state index >= 15 is 0 Å². The molecule has 0 spiro atoms. The lowest BCUT2D eigenvalue weighted by Gasteiger charge is -2.11. The highest BCUT2D eigenvalue weighted by Crippen LogP contribution is 2.27. The summed E-state index contributed by atoms with van der Waals surface area (Å²) in [5.74, 6) is 1.40. The molecule has 128 valence electrons. The minimum absolute atomic E-state index is 0.344. The van der Waals surface area contributed by atoms with Crippen molar-refractivity contribution in [2.75, 3.05) is 31.5 Å². The molecule has 0 saturated heterocycles. The van der Waals surface area contributed by atoms with Crippen LogP contribution in [0.3, 0.4) is 0 Å². The summed E-state index contributed by atoms with van der Waals surface area (Å²) < 4.78 is 15.4. The van der Waals surface area contributed by atoms with E-state index in [1.54, 1.807) is 21.1 Å². The SMILES string of the molecule is CCOC(=O)Nc1ccc(NCc2ccc(OC)c(OC)c2)cc1. The van der Waals surface area contributed by atoms with E-state index in [1.807, 2.05) is 42.5 Å². The third kappa shape index (κ3) is 4.81. The van der Waals surface area contributed by atoms with Crippen molar-refractivity contribution in [3.8, 4) is 11.5 Å². The van der Waals surface area contributed by atoms with Crippen LogP contribution in [0.2, 0.25) is 0 Å². The molecular weight excluding hydrogens is 308 g/mol. The summed E-state index contributed by atoms with van der Waals surface area (Å²) in [6.45, 7) is 2.75. The molecule has 2 N–H and O–H groups in total. The van der Waals surface area contributed by atoms with Gasteiger partial charge in [0.1, 0.15) is 0 Å². The zero-order chi connectivity index (χ0) is 17.4. The normalized spacial score (nSPS) is 9.96. The van der Waals surface area contributed by atoms with Gasteiger partial charge >= 0.3 is 6.09 Å². The summed E-state index contributed by atoms with van der Waals surface area (Å²) >= 11 is 0. The molecule has 24 heavy (non-hydrogen) atoms. The maximum Gasteiger partial charge on any atom is 0.411 e. The topological polar surface area (TPSA) is 68.8 Å². The number of carbonyl (C=O) groups excluding carboxylic acids is 1. The van der Waals surface area contributed by atoms with Gasteiger partial charge in [-0.05, 0) is 48.9 Å². The Hall–Kier alpha value is -2.89. The third-order valence-corrected chi connectivity index (χ3v) is 3.35. The molecule has 2 aromatic rings. The van der Waals surface area contributed by atoms with E-state index in [0.717, 1.165) is 11.3 Å². The van der Waals surface area contributed by atoms with Crippen molar-refractivity contribution in [3.63, 3.8) is 0 Å². The Morgan fingerprint density at radius 1 is 0.958 bits per heavy atom. The second-order valence-electron chi connectivity index (χ2n) is 4.97. The molecule has 0 heterocycles. The van der Waals surface area contributed by atoms with Gasteiger partial charge < -0.3 is 19.5 Å². The minimum Gasteiger partial charge on any atom is -0.493 e. The van der Waals surface area contributed by atoms with Crippen LogP contribution >= 0.6 is 0 Å². The summed E-state index contributed by atoms with van der Waals surface area (Å²) in [6.07, 6.45) is -0.455. The molecule has 0 unspecified atom stereocenters. The molecule has 0 fully saturated rings. The van der Waals surface area contributed by atoms with Gasteiger partial charge in [0.2, 0.25) is 0 Å². The number of methoxy groups -OCH3 is 2. The highest BCUT2D eigenvalue weighted by Gasteiger charge is 2.05. The number of amides is 1. The van der Waals surface area contributed by atoms with Crippen molar-refractivity contribution in [1.82, 2.24) is 0 Å². The van der Waals surface area contributed by atoms with Gasteiger partial charge in [0.25, 0.3) is 0 Å². The van der Waals surface area contributed by atoms with E-state index in [9.17, 15) is 4.79 Å². The van der Waals surface area contributed by atoms with Crippen LogP contribution in [0.1, 0.15) is 12.5 Å². The molecule has 2 rings (SSSR count). The van der Waals surface area contributed by atoms with Crippen LogP contribution in [-0.4, -0.2) is 26.9 Å². The average molecular weight is 330 g/mol. The Balaban J connectivity index is 1.93. The van der Waals surface area contributed by atoms with Gasteiger partial charge in [-0.15, -0.1) is 0 Å². The van der Waals surface area contributed by atoms with Crippen molar-refractivity contribution in [2.24, 2.45) is 0 Å². The lowest BCUT2D eigenvalue weighted by molar-refractivity contribution is 0.168. The largest absolute Gasteiger partial charge is 0.493 e. The smallest absolute Gasteiger partial charge is 0.411 e. The fraction of sp³-hybridized carbons (Fsp3) is 0.278. The van der Waals surface area contributed by atoms with Crippen molar-refractivity contribution in [3.05, 3.63) is 48.0 Å². The summed E-state index contributed by atoms with van der Waals surface area (Å²) in [5, 5.41) is 5.97. The van der Waals surface area contributed by atoms with Crippen molar-refractivity contribution in [1.29, 1.82) is 0 Å². The van der Waals surface area contributed by atoms with Gasteiger partial charge in [-0.1, -0.05) is 6.07 Å². The van der Waals surface area contributed by atoms with E-state index in [-0.39, 0.29) is 0 Å². The van der Waals surface area contributed by atoms with Gasteiger partial charge in [-0.25, -0.2) is 4.79 Å². The first-order valence-electron chi connectivity index (χ1n) is 7.65. The second kappa shape index (κ2) is 8.67. The maximum atomic E-state index is 11.3. The number of nitrogens with one attached hydrogen (secondary N) is 2. The molecule has 0 aliphatic heterocycles. The lowest BCUT2D eigenvalue weighted by Crippen LogP contribution is -2.13. The van der Waals surface area contributed by atoms with Crippen LogP contribution in [0.4, 0.5) is 16.2 Å². The van der Waals surface area contributed by atoms with Crippen molar-refractivity contribution < 1.29 is 19.0 Å². The van der Waals surface area contributed by atoms with Gasteiger partial charge in [0, 0.05) is 17.9 Å². The molecule has 0 aliphatic carbocycles. The standard InChI is InChI=1S/C18H22N2O4/c1-4-24-18(21)20-15-8-6-14(7-9-15)19-12-13-5-10-16(22-2)17(11-13)23-3/h5-11,19H,4,12H2,1-3H3,(H,20,21). The monoisotopic (exact) mass is 330 g/mol. The van der Waals surface area contributed by atoms with Crippen LogP contribution in [0.5, 0.6) is 11.5 Å². The first-order chi connectivity index (χ1) is 11.7. The Bertz CT molecular complexity index is 671. The molecule has 1 amide bonds.